The molecule has 0 aromatic carbocycles. The van der Waals surface area contributed by atoms with Gasteiger partial charge in [0.2, 0.25) is 0 Å². The quantitative estimate of drug-likeness (QED) is 0.500. The topological polar surface area (TPSA) is 0 Å². The first-order chi connectivity index (χ1) is 5.27. The summed E-state index contributed by atoms with van der Waals surface area (Å²) < 4.78 is 13.9. The molecular weight excluding hydrogens is 139 g/mol. The first kappa shape index (κ1) is 5.55. The second-order valence-corrected chi connectivity index (χ2v) is 5.34. The molecule has 0 amide bonds. The summed E-state index contributed by atoms with van der Waals surface area (Å²) in [5.41, 5.74) is -0.679. The van der Waals surface area contributed by atoms with Gasteiger partial charge in [-0.05, 0) is 55.3 Å². The average molecular weight is 152 g/mol. The van der Waals surface area contributed by atoms with Gasteiger partial charge in [-0.1, -0.05) is 0 Å². The molecule has 0 saturated heterocycles. The summed E-state index contributed by atoms with van der Waals surface area (Å²) in [5.74, 6) is 4.51. The van der Waals surface area contributed by atoms with Crippen molar-refractivity contribution in [3.8, 4) is 0 Å². The number of hydrogen-bond donors (Lipinski definition) is 0. The van der Waals surface area contributed by atoms with E-state index < -0.39 is 5.67 Å². The third-order valence-corrected chi connectivity index (χ3v) is 4.84. The van der Waals surface area contributed by atoms with Crippen LogP contribution >= 0.6 is 0 Å². The van der Waals surface area contributed by atoms with Gasteiger partial charge < -0.3 is 0 Å². The van der Waals surface area contributed by atoms with Crippen LogP contribution in [-0.2, 0) is 0 Å². The van der Waals surface area contributed by atoms with Gasteiger partial charge in [-0.2, -0.15) is 0 Å². The molecule has 0 aromatic rings. The first-order valence-electron chi connectivity index (χ1n) is 4.96. The summed E-state index contributed by atoms with van der Waals surface area (Å²) >= 11 is 0. The van der Waals surface area contributed by atoms with E-state index in [1.807, 2.05) is 0 Å². The van der Waals surface area contributed by atoms with E-state index in [0.29, 0.717) is 0 Å². The van der Waals surface area contributed by atoms with Crippen LogP contribution in [0.15, 0.2) is 0 Å². The zero-order valence-corrected chi connectivity index (χ0v) is 6.59. The Morgan fingerprint density at radius 1 is 1.00 bits per heavy atom. The lowest BCUT2D eigenvalue weighted by Crippen LogP contribution is -2.40. The van der Waals surface area contributed by atoms with Crippen molar-refractivity contribution in [3.63, 3.8) is 0 Å². The Balaban J connectivity index is 1.87. The summed E-state index contributed by atoms with van der Waals surface area (Å²) in [6.07, 6.45) is 4.19. The smallest absolute Gasteiger partial charge is 0.111 e. The van der Waals surface area contributed by atoms with Crippen molar-refractivity contribution >= 4 is 0 Å². The van der Waals surface area contributed by atoms with E-state index in [0.717, 1.165) is 48.9 Å². The molecule has 4 unspecified atom stereocenters. The van der Waals surface area contributed by atoms with Crippen molar-refractivity contribution in [2.24, 2.45) is 29.6 Å². The molecule has 0 aliphatic heterocycles. The zero-order valence-electron chi connectivity index (χ0n) is 6.59. The van der Waals surface area contributed by atoms with Crippen molar-refractivity contribution in [2.75, 3.05) is 0 Å². The molecule has 5 fully saturated rings. The Labute approximate surface area is 66.2 Å². The molecule has 5 rings (SSSR count). The van der Waals surface area contributed by atoms with E-state index in [1.165, 1.54) is 6.42 Å². The van der Waals surface area contributed by atoms with Crippen molar-refractivity contribution in [1.29, 1.82) is 0 Å². The summed E-state index contributed by atoms with van der Waals surface area (Å²) in [4.78, 5) is 0. The largest absolute Gasteiger partial charge is 0.244 e. The van der Waals surface area contributed by atoms with Gasteiger partial charge in [0.15, 0.2) is 0 Å². The van der Waals surface area contributed by atoms with Crippen LogP contribution in [0.3, 0.4) is 0 Å². The van der Waals surface area contributed by atoms with Crippen LogP contribution in [0.4, 0.5) is 4.39 Å². The number of rotatable bonds is 0. The summed E-state index contributed by atoms with van der Waals surface area (Å²) in [5, 5.41) is 0. The second-order valence-electron chi connectivity index (χ2n) is 5.34. The Kier molecular flexibility index (Phi) is 0.643. The maximum Gasteiger partial charge on any atom is 0.111 e. The lowest BCUT2D eigenvalue weighted by Gasteiger charge is -2.42. The molecule has 60 valence electrons. The third kappa shape index (κ3) is 0.458. The Hall–Kier alpha value is -0.0700. The fourth-order valence-electron chi connectivity index (χ4n) is 4.78. The summed E-state index contributed by atoms with van der Waals surface area (Å²) in [6, 6.07) is 0. The van der Waals surface area contributed by atoms with E-state index in [9.17, 15) is 4.39 Å². The maximum atomic E-state index is 13.9. The van der Waals surface area contributed by atoms with E-state index in [2.05, 4.69) is 0 Å². The number of hydrogen-bond acceptors (Lipinski definition) is 0. The molecule has 1 heteroatoms. The molecule has 0 radical (unpaired) electrons. The van der Waals surface area contributed by atoms with Crippen LogP contribution in [0.1, 0.15) is 25.7 Å². The molecule has 0 nitrogen and oxygen atoms in total. The van der Waals surface area contributed by atoms with E-state index >= 15 is 0 Å². The van der Waals surface area contributed by atoms with Crippen LogP contribution < -0.4 is 0 Å². The van der Waals surface area contributed by atoms with Crippen molar-refractivity contribution in [1.82, 2.24) is 0 Å². The maximum absolute atomic E-state index is 13.9. The van der Waals surface area contributed by atoms with Gasteiger partial charge in [-0.3, -0.25) is 0 Å². The molecule has 5 saturated carbocycles. The van der Waals surface area contributed by atoms with E-state index in [1.54, 1.807) is 0 Å². The van der Waals surface area contributed by atoms with Crippen molar-refractivity contribution < 1.29 is 4.39 Å². The van der Waals surface area contributed by atoms with Crippen molar-refractivity contribution in [2.45, 2.75) is 31.4 Å². The molecule has 0 aromatic heterocycles. The predicted molar refractivity (Wildman–Crippen MR) is 39.8 cm³/mol. The minimum absolute atomic E-state index is 0.679. The normalized spacial score (nSPS) is 75.5. The Morgan fingerprint density at radius 3 is 2.18 bits per heavy atom. The Bertz CT molecular complexity index is 217. The van der Waals surface area contributed by atoms with Gasteiger partial charge in [0, 0.05) is 0 Å². The fraction of sp³-hybridized carbons (Fsp3) is 1.00. The SMILES string of the molecule is FC12CC3C4C3[C@@H](C[C@@H]4C1)C2. The Morgan fingerprint density at radius 2 is 1.64 bits per heavy atom. The third-order valence-electron chi connectivity index (χ3n) is 4.84. The molecule has 0 heterocycles. The lowest BCUT2D eigenvalue weighted by molar-refractivity contribution is -0.00710. The molecule has 6 atom stereocenters. The molecule has 0 spiro atoms. The van der Waals surface area contributed by atoms with Gasteiger partial charge >= 0.3 is 0 Å². The monoisotopic (exact) mass is 152 g/mol. The van der Waals surface area contributed by atoms with Crippen LogP contribution in [0.2, 0.25) is 0 Å². The van der Waals surface area contributed by atoms with Gasteiger partial charge in [0.25, 0.3) is 0 Å². The predicted octanol–water partition coefficient (Wildman–Crippen LogP) is 2.39. The molecule has 11 heavy (non-hydrogen) atoms. The second kappa shape index (κ2) is 1.27. The highest BCUT2D eigenvalue weighted by atomic mass is 19.1. The number of alkyl halides is 1. The number of halogens is 1. The van der Waals surface area contributed by atoms with E-state index in [-0.39, 0.29) is 0 Å². The molecule has 4 bridgehead atoms. The van der Waals surface area contributed by atoms with Crippen molar-refractivity contribution in [3.05, 3.63) is 0 Å². The van der Waals surface area contributed by atoms with Gasteiger partial charge in [-0.25, -0.2) is 4.39 Å². The zero-order chi connectivity index (χ0) is 7.22. The average Bonchev–Trinajstić information content (AvgIpc) is 2.51. The van der Waals surface area contributed by atoms with Crippen LogP contribution in [0.25, 0.3) is 0 Å². The summed E-state index contributed by atoms with van der Waals surface area (Å²) in [6.45, 7) is 0. The first-order valence-corrected chi connectivity index (χ1v) is 4.96. The van der Waals surface area contributed by atoms with Crippen LogP contribution in [0, 0.1) is 29.6 Å². The van der Waals surface area contributed by atoms with Gasteiger partial charge in [0.05, 0.1) is 0 Å². The highest BCUT2D eigenvalue weighted by Gasteiger charge is 2.72. The minimum atomic E-state index is -0.679. The van der Waals surface area contributed by atoms with E-state index in [4.69, 9.17) is 0 Å². The van der Waals surface area contributed by atoms with Gasteiger partial charge in [0.1, 0.15) is 5.67 Å². The molecular formula is C10H13F. The molecule has 5 aliphatic rings. The fourth-order valence-corrected chi connectivity index (χ4v) is 4.78. The lowest BCUT2D eigenvalue weighted by atomic mass is 9.66. The van der Waals surface area contributed by atoms with Crippen LogP contribution in [0.5, 0.6) is 0 Å². The molecule has 5 aliphatic carbocycles. The summed E-state index contributed by atoms with van der Waals surface area (Å²) in [7, 11) is 0. The van der Waals surface area contributed by atoms with Gasteiger partial charge in [-0.15, -0.1) is 0 Å². The highest BCUT2D eigenvalue weighted by molar-refractivity contribution is 5.20. The highest BCUT2D eigenvalue weighted by Crippen LogP contribution is 2.76. The molecule has 0 N–H and O–H groups in total. The standard InChI is InChI=1S/C10H13F/c11-10-2-5-1-6(3-10)9-7(4-10)8(5)9/h5-9H,1-4H2/t5-,6+,7?,8?,9?,10?. The van der Waals surface area contributed by atoms with Crippen LogP contribution in [-0.4, -0.2) is 5.67 Å². The minimum Gasteiger partial charge on any atom is -0.244 e.